The highest BCUT2D eigenvalue weighted by atomic mass is 16.4. The van der Waals surface area contributed by atoms with E-state index < -0.39 is 5.97 Å². The molecule has 4 heteroatoms. The van der Waals surface area contributed by atoms with Crippen LogP contribution in [0.2, 0.25) is 0 Å². The fourth-order valence-corrected chi connectivity index (χ4v) is 3.83. The summed E-state index contributed by atoms with van der Waals surface area (Å²) in [4.78, 5) is 12.9. The van der Waals surface area contributed by atoms with Crippen molar-refractivity contribution >= 4 is 12.0 Å². The first-order chi connectivity index (χ1) is 12.1. The maximum atomic E-state index is 10.7. The highest BCUT2D eigenvalue weighted by Gasteiger charge is 2.38. The van der Waals surface area contributed by atoms with Gasteiger partial charge in [0.1, 0.15) is 0 Å². The molecule has 136 valence electrons. The number of likely N-dealkylation sites (tertiary alicyclic amines) is 1. The maximum absolute atomic E-state index is 10.7. The quantitative estimate of drug-likeness (QED) is 0.761. The van der Waals surface area contributed by atoms with Gasteiger partial charge in [-0.1, -0.05) is 42.0 Å². The topological polar surface area (TPSA) is 52.6 Å². The molecule has 1 saturated carbocycles. The van der Waals surface area contributed by atoms with Gasteiger partial charge in [-0.05, 0) is 63.2 Å². The van der Waals surface area contributed by atoms with Gasteiger partial charge in [0.05, 0.1) is 6.42 Å². The summed E-state index contributed by atoms with van der Waals surface area (Å²) in [6.07, 6.45) is 6.20. The lowest BCUT2D eigenvalue weighted by Gasteiger charge is -2.31. The Kier molecular flexibility index (Phi) is 6.27. The van der Waals surface area contributed by atoms with E-state index in [-0.39, 0.29) is 6.42 Å². The zero-order valence-electron chi connectivity index (χ0n) is 15.2. The van der Waals surface area contributed by atoms with Crippen LogP contribution in [0.25, 0.3) is 6.08 Å². The summed E-state index contributed by atoms with van der Waals surface area (Å²) in [5.74, 6) is 0.735. The minimum absolute atomic E-state index is 0.264. The van der Waals surface area contributed by atoms with Crippen LogP contribution in [0.3, 0.4) is 0 Å². The van der Waals surface area contributed by atoms with Crippen molar-refractivity contribution < 1.29 is 9.90 Å². The third-order valence-corrected chi connectivity index (χ3v) is 5.59. The number of nitrogens with one attached hydrogen (secondary N) is 1. The van der Waals surface area contributed by atoms with E-state index in [1.165, 1.54) is 30.4 Å². The molecule has 1 aromatic rings. The van der Waals surface area contributed by atoms with E-state index in [0.717, 1.165) is 25.6 Å². The summed E-state index contributed by atoms with van der Waals surface area (Å²) >= 11 is 0. The summed E-state index contributed by atoms with van der Waals surface area (Å²) < 4.78 is 0. The van der Waals surface area contributed by atoms with Crippen LogP contribution in [-0.4, -0.2) is 48.2 Å². The minimum Gasteiger partial charge on any atom is -0.481 e. The largest absolute Gasteiger partial charge is 0.481 e. The monoisotopic (exact) mass is 342 g/mol. The van der Waals surface area contributed by atoms with E-state index in [0.29, 0.717) is 18.5 Å². The molecule has 0 unspecified atom stereocenters. The molecule has 0 bridgehead atoms. The molecule has 2 N–H and O–H groups in total. The van der Waals surface area contributed by atoms with Crippen molar-refractivity contribution in [1.29, 1.82) is 0 Å². The zero-order chi connectivity index (χ0) is 17.6. The molecule has 2 fully saturated rings. The summed E-state index contributed by atoms with van der Waals surface area (Å²) in [6, 6.07) is 11.2. The lowest BCUT2D eigenvalue weighted by atomic mass is 9.96. The SMILES string of the molecule is C/C(=C\c1ccccc1)[C@@H]1C[C@H]1NCC1CCN(CCC(=O)O)CC1. The molecule has 0 spiro atoms. The lowest BCUT2D eigenvalue weighted by molar-refractivity contribution is -0.137. The van der Waals surface area contributed by atoms with Crippen molar-refractivity contribution in [3.8, 4) is 0 Å². The second-order valence-electron chi connectivity index (χ2n) is 7.58. The third kappa shape index (κ3) is 5.68. The first kappa shape index (κ1) is 18.2. The maximum Gasteiger partial charge on any atom is 0.304 e. The van der Waals surface area contributed by atoms with Crippen molar-refractivity contribution in [2.75, 3.05) is 26.2 Å². The van der Waals surface area contributed by atoms with Crippen molar-refractivity contribution in [3.05, 3.63) is 41.5 Å². The fourth-order valence-electron chi connectivity index (χ4n) is 3.83. The number of aliphatic carboxylic acids is 1. The van der Waals surface area contributed by atoms with Crippen LogP contribution >= 0.6 is 0 Å². The van der Waals surface area contributed by atoms with E-state index in [2.05, 4.69) is 53.5 Å². The van der Waals surface area contributed by atoms with Gasteiger partial charge in [-0.15, -0.1) is 0 Å². The summed E-state index contributed by atoms with van der Waals surface area (Å²) in [5.41, 5.74) is 2.77. The Balaban J connectivity index is 1.34. The number of piperidine rings is 1. The molecule has 4 nitrogen and oxygen atoms in total. The van der Waals surface area contributed by atoms with Crippen molar-refractivity contribution in [2.24, 2.45) is 11.8 Å². The highest BCUT2D eigenvalue weighted by Crippen LogP contribution is 2.38. The summed E-state index contributed by atoms with van der Waals surface area (Å²) in [7, 11) is 0. The van der Waals surface area contributed by atoms with E-state index in [1.807, 2.05) is 0 Å². The number of benzene rings is 1. The molecular formula is C21H30N2O2. The Morgan fingerprint density at radius 2 is 2.00 bits per heavy atom. The molecule has 0 amide bonds. The van der Waals surface area contributed by atoms with Crippen molar-refractivity contribution in [2.45, 2.75) is 38.6 Å². The van der Waals surface area contributed by atoms with E-state index in [1.54, 1.807) is 0 Å². The molecule has 1 aliphatic heterocycles. The van der Waals surface area contributed by atoms with Crippen LogP contribution in [0.1, 0.15) is 38.2 Å². The molecule has 1 aliphatic carbocycles. The second-order valence-corrected chi connectivity index (χ2v) is 7.58. The van der Waals surface area contributed by atoms with Crippen LogP contribution in [0.5, 0.6) is 0 Å². The van der Waals surface area contributed by atoms with Crippen LogP contribution in [0, 0.1) is 11.8 Å². The smallest absolute Gasteiger partial charge is 0.304 e. The third-order valence-electron chi connectivity index (χ3n) is 5.59. The van der Waals surface area contributed by atoms with Crippen LogP contribution < -0.4 is 5.32 Å². The van der Waals surface area contributed by atoms with Gasteiger partial charge in [0.25, 0.3) is 0 Å². The lowest BCUT2D eigenvalue weighted by Crippen LogP contribution is -2.38. The van der Waals surface area contributed by atoms with Gasteiger partial charge in [-0.25, -0.2) is 0 Å². The minimum atomic E-state index is -0.692. The Morgan fingerprint density at radius 3 is 2.68 bits per heavy atom. The Bertz CT molecular complexity index is 591. The van der Waals surface area contributed by atoms with Crippen molar-refractivity contribution in [3.63, 3.8) is 0 Å². The predicted octanol–water partition coefficient (Wildman–Crippen LogP) is 3.25. The molecule has 2 aliphatic rings. The molecule has 2 atom stereocenters. The molecular weight excluding hydrogens is 312 g/mol. The van der Waals surface area contributed by atoms with Crippen LogP contribution in [0.15, 0.2) is 35.9 Å². The highest BCUT2D eigenvalue weighted by molar-refractivity contribution is 5.66. The Hall–Kier alpha value is -1.65. The number of carbonyl (C=O) groups is 1. The fraction of sp³-hybridized carbons (Fsp3) is 0.571. The predicted molar refractivity (Wildman–Crippen MR) is 101 cm³/mol. The first-order valence-corrected chi connectivity index (χ1v) is 9.52. The molecule has 3 rings (SSSR count). The van der Waals surface area contributed by atoms with E-state index >= 15 is 0 Å². The van der Waals surface area contributed by atoms with E-state index in [4.69, 9.17) is 5.11 Å². The van der Waals surface area contributed by atoms with Gasteiger partial charge in [-0.3, -0.25) is 4.79 Å². The van der Waals surface area contributed by atoms with Gasteiger partial charge < -0.3 is 15.3 Å². The van der Waals surface area contributed by atoms with Gasteiger partial charge in [-0.2, -0.15) is 0 Å². The number of carboxylic acid groups (broad SMARTS) is 1. The zero-order valence-corrected chi connectivity index (χ0v) is 15.2. The molecule has 1 heterocycles. The standard InChI is InChI=1S/C21H30N2O2/c1-16(13-17-5-3-2-4-6-17)19-14-20(19)22-15-18-7-10-23(11-8-18)12-9-21(24)25/h2-6,13,18-20,22H,7-12,14-15H2,1H3,(H,24,25)/b16-13+/t19-,20+/m0/s1. The van der Waals surface area contributed by atoms with Gasteiger partial charge in [0, 0.05) is 12.6 Å². The van der Waals surface area contributed by atoms with E-state index in [9.17, 15) is 4.79 Å². The van der Waals surface area contributed by atoms with Crippen molar-refractivity contribution in [1.82, 2.24) is 10.2 Å². The molecule has 25 heavy (non-hydrogen) atoms. The molecule has 0 radical (unpaired) electrons. The second kappa shape index (κ2) is 8.63. The normalized spacial score (nSPS) is 25.1. The molecule has 1 aromatic carbocycles. The average molecular weight is 342 g/mol. The number of nitrogens with zero attached hydrogens (tertiary/aromatic N) is 1. The summed E-state index contributed by atoms with van der Waals surface area (Å²) in [6.45, 7) is 6.14. The Labute approximate surface area is 150 Å². The number of hydrogen-bond donors (Lipinski definition) is 2. The molecule has 1 saturated heterocycles. The first-order valence-electron chi connectivity index (χ1n) is 9.52. The summed E-state index contributed by atoms with van der Waals surface area (Å²) in [5, 5.41) is 12.5. The Morgan fingerprint density at radius 1 is 1.28 bits per heavy atom. The van der Waals surface area contributed by atoms with Gasteiger partial charge in [0.15, 0.2) is 0 Å². The average Bonchev–Trinajstić information content (AvgIpc) is 3.40. The number of hydrogen-bond acceptors (Lipinski definition) is 3. The number of rotatable bonds is 8. The van der Waals surface area contributed by atoms with Crippen LogP contribution in [-0.2, 0) is 4.79 Å². The van der Waals surface area contributed by atoms with Gasteiger partial charge >= 0.3 is 5.97 Å². The van der Waals surface area contributed by atoms with Gasteiger partial charge in [0.2, 0.25) is 0 Å². The van der Waals surface area contributed by atoms with Crippen LogP contribution in [0.4, 0.5) is 0 Å². The number of carboxylic acids is 1. The molecule has 0 aromatic heterocycles.